The minimum atomic E-state index is -1.31. The molecule has 29 heavy (non-hydrogen) atoms. The zero-order valence-corrected chi connectivity index (χ0v) is 15.2. The first-order chi connectivity index (χ1) is 14.0. The molecule has 0 heterocycles. The van der Waals surface area contributed by atoms with E-state index in [0.717, 1.165) is 0 Å². The first kappa shape index (κ1) is 19.4. The third-order valence-corrected chi connectivity index (χ3v) is 3.89. The molecule has 1 N–H and O–H groups in total. The summed E-state index contributed by atoms with van der Waals surface area (Å²) in [5.74, 6) is -0.673. The molecule has 0 atom stereocenters. The average molecular weight is 383 g/mol. The maximum absolute atomic E-state index is 12.4. The summed E-state index contributed by atoms with van der Waals surface area (Å²) in [4.78, 5) is 23.2. The predicted molar refractivity (Wildman–Crippen MR) is 106 cm³/mol. The van der Waals surface area contributed by atoms with E-state index in [1.807, 2.05) is 36.4 Å². The van der Waals surface area contributed by atoms with Gasteiger partial charge in [0, 0.05) is 5.69 Å². The van der Waals surface area contributed by atoms with Gasteiger partial charge in [-0.05, 0) is 53.6 Å². The number of carboxylic acid groups (broad SMARTS) is 1. The van der Waals surface area contributed by atoms with Gasteiger partial charge in [0.2, 0.25) is 0 Å². The van der Waals surface area contributed by atoms with Crippen molar-refractivity contribution in [3.8, 4) is 17.6 Å². The lowest BCUT2D eigenvalue weighted by Crippen LogP contribution is -2.22. The Morgan fingerprint density at radius 3 is 2.28 bits per heavy atom. The van der Waals surface area contributed by atoms with Gasteiger partial charge in [-0.3, -0.25) is 4.79 Å². The van der Waals surface area contributed by atoms with Crippen molar-refractivity contribution < 1.29 is 19.4 Å². The molecule has 0 aliphatic rings. The zero-order chi connectivity index (χ0) is 20.6. The van der Waals surface area contributed by atoms with E-state index in [1.54, 1.807) is 24.3 Å². The van der Waals surface area contributed by atoms with Gasteiger partial charge in [-0.2, -0.15) is 5.26 Å². The molecule has 0 unspecified atom stereocenters. The van der Waals surface area contributed by atoms with Gasteiger partial charge in [-0.25, -0.2) is 0 Å². The monoisotopic (exact) mass is 383 g/mol. The van der Waals surface area contributed by atoms with E-state index in [9.17, 15) is 20.0 Å². The molecular formula is C23H15N2O4-. The van der Waals surface area contributed by atoms with Crippen LogP contribution in [0, 0.1) is 11.3 Å². The Bertz CT molecular complexity index is 1100. The van der Waals surface area contributed by atoms with Crippen LogP contribution in [0.4, 0.5) is 5.69 Å². The second-order valence-corrected chi connectivity index (χ2v) is 5.98. The van der Waals surface area contributed by atoms with E-state index in [2.05, 4.69) is 5.32 Å². The highest BCUT2D eigenvalue weighted by Crippen LogP contribution is 2.23. The predicted octanol–water partition coefficient (Wildman–Crippen LogP) is 3.39. The van der Waals surface area contributed by atoms with E-state index >= 15 is 0 Å². The van der Waals surface area contributed by atoms with Gasteiger partial charge in [-0.1, -0.05) is 42.5 Å². The molecule has 3 rings (SSSR count). The normalized spacial score (nSPS) is 10.7. The van der Waals surface area contributed by atoms with Gasteiger partial charge in [-0.15, -0.1) is 0 Å². The van der Waals surface area contributed by atoms with Crippen LogP contribution in [0.15, 0.2) is 84.4 Å². The summed E-state index contributed by atoms with van der Waals surface area (Å²) in [5.41, 5.74) is 0.875. The van der Waals surface area contributed by atoms with Crippen molar-refractivity contribution in [3.05, 3.63) is 95.6 Å². The lowest BCUT2D eigenvalue weighted by molar-refractivity contribution is -0.255. The first-order valence-electron chi connectivity index (χ1n) is 8.62. The van der Waals surface area contributed by atoms with Gasteiger partial charge >= 0.3 is 0 Å². The first-order valence-corrected chi connectivity index (χ1v) is 8.62. The van der Waals surface area contributed by atoms with Gasteiger partial charge in [0.1, 0.15) is 23.1 Å². The van der Waals surface area contributed by atoms with Crippen molar-refractivity contribution in [2.45, 2.75) is 0 Å². The average Bonchev–Trinajstić information content (AvgIpc) is 2.73. The Kier molecular flexibility index (Phi) is 6.03. The smallest absolute Gasteiger partial charge is 0.266 e. The number of benzene rings is 3. The maximum Gasteiger partial charge on any atom is 0.266 e. The molecule has 6 nitrogen and oxygen atoms in total. The SMILES string of the molecule is N#C/C(=C/c1cccc(Oc2ccccc2)c1)C(=O)Nc1ccc(C(=O)[O-])cc1. The Morgan fingerprint density at radius 1 is 0.931 bits per heavy atom. The van der Waals surface area contributed by atoms with Crippen LogP contribution in [0.25, 0.3) is 6.08 Å². The summed E-state index contributed by atoms with van der Waals surface area (Å²) < 4.78 is 5.76. The molecule has 0 aromatic heterocycles. The molecule has 0 bridgehead atoms. The topological polar surface area (TPSA) is 102 Å². The number of hydrogen-bond donors (Lipinski definition) is 1. The third-order valence-electron chi connectivity index (χ3n) is 3.89. The van der Waals surface area contributed by atoms with Crippen molar-refractivity contribution in [1.29, 1.82) is 5.26 Å². The van der Waals surface area contributed by atoms with Gasteiger partial charge < -0.3 is 20.0 Å². The second kappa shape index (κ2) is 9.02. The number of nitrogens with one attached hydrogen (secondary N) is 1. The molecule has 142 valence electrons. The highest BCUT2D eigenvalue weighted by molar-refractivity contribution is 6.09. The van der Waals surface area contributed by atoms with Crippen LogP contribution in [0.5, 0.6) is 11.5 Å². The minimum absolute atomic E-state index is 0.00530. The molecule has 0 saturated heterocycles. The molecule has 6 heteroatoms. The lowest BCUT2D eigenvalue weighted by Gasteiger charge is -2.07. The summed E-state index contributed by atoms with van der Waals surface area (Å²) in [7, 11) is 0. The Morgan fingerprint density at radius 2 is 1.62 bits per heavy atom. The highest BCUT2D eigenvalue weighted by Gasteiger charge is 2.10. The fourth-order valence-electron chi connectivity index (χ4n) is 2.50. The highest BCUT2D eigenvalue weighted by atomic mass is 16.5. The number of carbonyl (C=O) groups excluding carboxylic acids is 2. The van der Waals surface area contributed by atoms with Crippen LogP contribution in [0.3, 0.4) is 0 Å². The third kappa shape index (κ3) is 5.31. The van der Waals surface area contributed by atoms with Crippen molar-refractivity contribution >= 4 is 23.6 Å². The van der Waals surface area contributed by atoms with Crippen LogP contribution in [-0.2, 0) is 4.79 Å². The fraction of sp³-hybridized carbons (Fsp3) is 0. The second-order valence-electron chi connectivity index (χ2n) is 5.98. The van der Waals surface area contributed by atoms with Gasteiger partial charge in [0.25, 0.3) is 5.91 Å². The number of carboxylic acids is 1. The lowest BCUT2D eigenvalue weighted by atomic mass is 10.1. The Hall–Kier alpha value is -4.37. The zero-order valence-electron chi connectivity index (χ0n) is 15.2. The minimum Gasteiger partial charge on any atom is -0.545 e. The number of carbonyl (C=O) groups is 2. The maximum atomic E-state index is 12.4. The molecule has 0 saturated carbocycles. The number of anilines is 1. The van der Waals surface area contributed by atoms with E-state index < -0.39 is 11.9 Å². The quantitative estimate of drug-likeness (QED) is 0.519. The van der Waals surface area contributed by atoms with Crippen LogP contribution < -0.4 is 15.2 Å². The van der Waals surface area contributed by atoms with Crippen molar-refractivity contribution in [2.75, 3.05) is 5.32 Å². The molecule has 0 spiro atoms. The van der Waals surface area contributed by atoms with Crippen LogP contribution >= 0.6 is 0 Å². The summed E-state index contributed by atoms with van der Waals surface area (Å²) in [6, 6.07) is 23.6. The van der Waals surface area contributed by atoms with Crippen LogP contribution in [-0.4, -0.2) is 11.9 Å². The van der Waals surface area contributed by atoms with Gasteiger partial charge in [0.15, 0.2) is 0 Å². The Labute approximate surface area is 167 Å². The summed E-state index contributed by atoms with van der Waals surface area (Å²) in [6.07, 6.45) is 1.45. The van der Waals surface area contributed by atoms with Crippen molar-refractivity contribution in [1.82, 2.24) is 0 Å². The molecule has 0 aliphatic carbocycles. The molecule has 0 radical (unpaired) electrons. The molecule has 0 fully saturated rings. The van der Waals surface area contributed by atoms with Crippen molar-refractivity contribution in [3.63, 3.8) is 0 Å². The van der Waals surface area contributed by atoms with Crippen LogP contribution in [0.2, 0.25) is 0 Å². The molecule has 0 aliphatic heterocycles. The Balaban J connectivity index is 1.75. The summed E-state index contributed by atoms with van der Waals surface area (Å²) in [6.45, 7) is 0. The van der Waals surface area contributed by atoms with E-state index in [4.69, 9.17) is 4.74 Å². The largest absolute Gasteiger partial charge is 0.545 e. The van der Waals surface area contributed by atoms with Gasteiger partial charge in [0.05, 0.1) is 5.97 Å². The number of rotatable bonds is 6. The number of nitrogens with zero attached hydrogens (tertiary/aromatic N) is 1. The summed E-state index contributed by atoms with van der Waals surface area (Å²) >= 11 is 0. The van der Waals surface area contributed by atoms with Crippen LogP contribution in [0.1, 0.15) is 15.9 Å². The van der Waals surface area contributed by atoms with E-state index in [0.29, 0.717) is 22.7 Å². The molecular weight excluding hydrogens is 368 g/mol. The number of amides is 1. The number of ether oxygens (including phenoxy) is 1. The molecule has 3 aromatic carbocycles. The number of nitriles is 1. The fourth-order valence-corrected chi connectivity index (χ4v) is 2.50. The summed E-state index contributed by atoms with van der Waals surface area (Å²) in [5, 5.41) is 22.7. The number of hydrogen-bond acceptors (Lipinski definition) is 5. The standard InChI is InChI=1S/C23H16N2O4/c24-15-18(22(26)25-19-11-9-17(10-12-19)23(27)28)13-16-5-4-8-21(14-16)29-20-6-2-1-3-7-20/h1-14H,(H,25,26)(H,27,28)/p-1/b18-13-. The number of aromatic carboxylic acids is 1. The van der Waals surface area contributed by atoms with E-state index in [1.165, 1.54) is 30.3 Å². The molecule has 3 aromatic rings. The van der Waals surface area contributed by atoms with E-state index in [-0.39, 0.29) is 11.1 Å². The molecule has 1 amide bonds. The van der Waals surface area contributed by atoms with Crippen molar-refractivity contribution in [2.24, 2.45) is 0 Å². The number of para-hydroxylation sites is 1.